The molecule has 21 heavy (non-hydrogen) atoms. The highest BCUT2D eigenvalue weighted by atomic mass is 19.1. The lowest BCUT2D eigenvalue weighted by Crippen LogP contribution is -2.31. The molecule has 110 valence electrons. The number of rotatable bonds is 6. The number of hydrogen-bond acceptors (Lipinski definition) is 3. The van der Waals surface area contributed by atoms with Crippen LogP contribution in [0.3, 0.4) is 0 Å². The number of amides is 1. The Hall–Kier alpha value is -2.43. The molecule has 0 spiro atoms. The van der Waals surface area contributed by atoms with Crippen molar-refractivity contribution in [2.45, 2.75) is 13.3 Å². The van der Waals surface area contributed by atoms with E-state index in [1.807, 2.05) is 25.1 Å². The maximum atomic E-state index is 12.9. The van der Waals surface area contributed by atoms with E-state index in [4.69, 9.17) is 5.73 Å². The van der Waals surface area contributed by atoms with Crippen molar-refractivity contribution in [1.82, 2.24) is 4.98 Å². The second kappa shape index (κ2) is 6.83. The van der Waals surface area contributed by atoms with Gasteiger partial charge in [0.2, 0.25) is 5.91 Å². The van der Waals surface area contributed by atoms with E-state index < -0.39 is 0 Å². The highest BCUT2D eigenvalue weighted by Gasteiger charge is 2.16. The molecule has 0 saturated heterocycles. The third-order valence-corrected chi connectivity index (χ3v) is 3.22. The molecule has 1 aromatic carbocycles. The molecule has 1 amide bonds. The van der Waals surface area contributed by atoms with Gasteiger partial charge in [-0.25, -0.2) is 9.37 Å². The number of aryl methyl sites for hydroxylation is 1. The van der Waals surface area contributed by atoms with Crippen molar-refractivity contribution >= 4 is 11.7 Å². The third kappa shape index (κ3) is 4.56. The van der Waals surface area contributed by atoms with E-state index in [0.717, 1.165) is 11.3 Å². The Morgan fingerprint density at radius 2 is 2.00 bits per heavy atom. The maximum Gasteiger partial charge on any atom is 0.222 e. The molecule has 1 atom stereocenters. The summed E-state index contributed by atoms with van der Waals surface area (Å²) in [7, 11) is 0. The Labute approximate surface area is 123 Å². The first kappa shape index (κ1) is 15.0. The van der Waals surface area contributed by atoms with E-state index in [1.165, 1.54) is 12.1 Å². The SMILES string of the molecule is Cc1cccc(NC[C@H](Cc2ccc(F)cc2)C(N)=O)n1. The fraction of sp³-hybridized carbons (Fsp3) is 0.250. The number of nitrogens with one attached hydrogen (secondary N) is 1. The molecule has 0 bridgehead atoms. The Bertz CT molecular complexity index is 613. The molecule has 1 heterocycles. The number of hydrogen-bond donors (Lipinski definition) is 2. The zero-order chi connectivity index (χ0) is 15.2. The van der Waals surface area contributed by atoms with Crippen LogP contribution in [-0.4, -0.2) is 17.4 Å². The monoisotopic (exact) mass is 287 g/mol. The number of nitrogens with zero attached hydrogens (tertiary/aromatic N) is 1. The Balaban J connectivity index is 1.99. The number of benzene rings is 1. The van der Waals surface area contributed by atoms with Crippen molar-refractivity contribution < 1.29 is 9.18 Å². The van der Waals surface area contributed by atoms with Crippen LogP contribution in [0.25, 0.3) is 0 Å². The summed E-state index contributed by atoms with van der Waals surface area (Å²) in [6.45, 7) is 2.29. The third-order valence-electron chi connectivity index (χ3n) is 3.22. The lowest BCUT2D eigenvalue weighted by atomic mass is 9.98. The molecule has 0 saturated carbocycles. The molecule has 0 aliphatic rings. The van der Waals surface area contributed by atoms with Crippen molar-refractivity contribution in [1.29, 1.82) is 0 Å². The molecular formula is C16H18FN3O. The summed E-state index contributed by atoms with van der Waals surface area (Å²) >= 11 is 0. The van der Waals surface area contributed by atoms with Gasteiger partial charge in [-0.15, -0.1) is 0 Å². The number of aromatic nitrogens is 1. The van der Waals surface area contributed by atoms with E-state index in [2.05, 4.69) is 10.3 Å². The van der Waals surface area contributed by atoms with Crippen molar-refractivity contribution in [3.05, 3.63) is 59.5 Å². The Morgan fingerprint density at radius 3 is 2.62 bits per heavy atom. The van der Waals surface area contributed by atoms with Gasteiger partial charge in [-0.1, -0.05) is 18.2 Å². The number of anilines is 1. The fourth-order valence-corrected chi connectivity index (χ4v) is 2.05. The van der Waals surface area contributed by atoms with Gasteiger partial charge in [0.05, 0.1) is 5.92 Å². The average Bonchev–Trinajstić information content (AvgIpc) is 2.45. The zero-order valence-electron chi connectivity index (χ0n) is 11.8. The van der Waals surface area contributed by atoms with E-state index >= 15 is 0 Å². The van der Waals surface area contributed by atoms with Crippen LogP contribution in [0.15, 0.2) is 42.5 Å². The number of carbonyl (C=O) groups is 1. The molecule has 0 aliphatic carbocycles. The standard InChI is InChI=1S/C16H18FN3O/c1-11-3-2-4-15(20-11)19-10-13(16(18)21)9-12-5-7-14(17)8-6-12/h2-8,13H,9-10H2,1H3,(H2,18,21)(H,19,20)/t13-/m0/s1. The van der Waals surface area contributed by atoms with E-state index in [1.54, 1.807) is 12.1 Å². The van der Waals surface area contributed by atoms with Crippen LogP contribution in [0.5, 0.6) is 0 Å². The predicted octanol–water partition coefficient (Wildman–Crippen LogP) is 2.29. The summed E-state index contributed by atoms with van der Waals surface area (Å²) in [5, 5.41) is 3.11. The average molecular weight is 287 g/mol. The Morgan fingerprint density at radius 1 is 1.29 bits per heavy atom. The first-order valence-electron chi connectivity index (χ1n) is 6.76. The Kier molecular flexibility index (Phi) is 4.87. The van der Waals surface area contributed by atoms with Crippen LogP contribution >= 0.6 is 0 Å². The van der Waals surface area contributed by atoms with Crippen LogP contribution in [-0.2, 0) is 11.2 Å². The van der Waals surface area contributed by atoms with Gasteiger partial charge in [0, 0.05) is 12.2 Å². The van der Waals surface area contributed by atoms with Gasteiger partial charge >= 0.3 is 0 Å². The van der Waals surface area contributed by atoms with Gasteiger partial charge < -0.3 is 11.1 Å². The van der Waals surface area contributed by atoms with E-state index in [-0.39, 0.29) is 17.6 Å². The van der Waals surface area contributed by atoms with Crippen LogP contribution < -0.4 is 11.1 Å². The maximum absolute atomic E-state index is 12.9. The number of halogens is 1. The highest BCUT2D eigenvalue weighted by Crippen LogP contribution is 2.12. The van der Waals surface area contributed by atoms with Gasteiger partial charge in [-0.2, -0.15) is 0 Å². The lowest BCUT2D eigenvalue weighted by Gasteiger charge is -2.15. The second-order valence-electron chi connectivity index (χ2n) is 4.97. The summed E-state index contributed by atoms with van der Waals surface area (Å²) in [6.07, 6.45) is 0.467. The molecule has 2 aromatic rings. The van der Waals surface area contributed by atoms with Crippen LogP contribution in [0, 0.1) is 18.7 Å². The largest absolute Gasteiger partial charge is 0.369 e. The predicted molar refractivity (Wildman–Crippen MR) is 80.3 cm³/mol. The van der Waals surface area contributed by atoms with Gasteiger partial charge in [0.15, 0.2) is 0 Å². The summed E-state index contributed by atoms with van der Waals surface area (Å²) in [6, 6.07) is 11.7. The number of primary amides is 1. The normalized spacial score (nSPS) is 11.9. The van der Waals surface area contributed by atoms with Crippen LogP contribution in [0.4, 0.5) is 10.2 Å². The van der Waals surface area contributed by atoms with Crippen molar-refractivity contribution in [3.8, 4) is 0 Å². The van der Waals surface area contributed by atoms with Crippen LogP contribution in [0.2, 0.25) is 0 Å². The molecule has 0 aliphatic heterocycles. The summed E-state index contributed by atoms with van der Waals surface area (Å²) in [5.41, 5.74) is 7.21. The van der Waals surface area contributed by atoms with E-state index in [0.29, 0.717) is 18.8 Å². The lowest BCUT2D eigenvalue weighted by molar-refractivity contribution is -0.121. The fourth-order valence-electron chi connectivity index (χ4n) is 2.05. The smallest absolute Gasteiger partial charge is 0.222 e. The van der Waals surface area contributed by atoms with Crippen molar-refractivity contribution in [2.75, 3.05) is 11.9 Å². The summed E-state index contributed by atoms with van der Waals surface area (Å²) < 4.78 is 12.9. The molecule has 4 nitrogen and oxygen atoms in total. The molecule has 3 N–H and O–H groups in total. The first-order chi connectivity index (χ1) is 10.0. The minimum atomic E-state index is -0.389. The minimum absolute atomic E-state index is 0.295. The first-order valence-corrected chi connectivity index (χ1v) is 6.76. The number of nitrogens with two attached hydrogens (primary N) is 1. The minimum Gasteiger partial charge on any atom is -0.369 e. The molecule has 0 fully saturated rings. The second-order valence-corrected chi connectivity index (χ2v) is 4.97. The molecule has 0 radical (unpaired) electrons. The van der Waals surface area contributed by atoms with Gasteiger partial charge in [-0.3, -0.25) is 4.79 Å². The summed E-state index contributed by atoms with van der Waals surface area (Å²) in [5.74, 6) is -0.353. The molecular weight excluding hydrogens is 269 g/mol. The van der Waals surface area contributed by atoms with Gasteiger partial charge in [-0.05, 0) is 43.2 Å². The van der Waals surface area contributed by atoms with Gasteiger partial charge in [0.25, 0.3) is 0 Å². The zero-order valence-corrected chi connectivity index (χ0v) is 11.8. The number of pyridine rings is 1. The highest BCUT2D eigenvalue weighted by molar-refractivity contribution is 5.77. The number of carbonyl (C=O) groups excluding carboxylic acids is 1. The summed E-state index contributed by atoms with van der Waals surface area (Å²) in [4.78, 5) is 15.9. The van der Waals surface area contributed by atoms with Crippen molar-refractivity contribution in [3.63, 3.8) is 0 Å². The molecule has 1 aromatic heterocycles. The quantitative estimate of drug-likeness (QED) is 0.856. The van der Waals surface area contributed by atoms with Gasteiger partial charge in [0.1, 0.15) is 11.6 Å². The van der Waals surface area contributed by atoms with Crippen LogP contribution in [0.1, 0.15) is 11.3 Å². The molecule has 2 rings (SSSR count). The van der Waals surface area contributed by atoms with Crippen molar-refractivity contribution in [2.24, 2.45) is 11.7 Å². The molecule has 0 unspecified atom stereocenters. The molecule has 5 heteroatoms. The topological polar surface area (TPSA) is 68.0 Å². The van der Waals surface area contributed by atoms with E-state index in [9.17, 15) is 9.18 Å².